The zero-order valence-corrected chi connectivity index (χ0v) is 41.6. The molecule has 9 atom stereocenters. The average molecular weight is 1050 g/mol. The second-order valence-corrected chi connectivity index (χ2v) is 18.3. The summed E-state index contributed by atoms with van der Waals surface area (Å²) in [6, 6.07) is -9.50. The van der Waals surface area contributed by atoms with Crippen LogP contribution in [0.5, 0.6) is 0 Å². The van der Waals surface area contributed by atoms with E-state index in [0.29, 0.717) is 6.29 Å². The van der Waals surface area contributed by atoms with Crippen LogP contribution in [0.3, 0.4) is 0 Å². The zero-order valence-electron chi connectivity index (χ0n) is 40.0. The van der Waals surface area contributed by atoms with Gasteiger partial charge < -0.3 is 99.1 Å². The molecule has 0 radical (unpaired) electrons. The maximum Gasteiger partial charge on any atom is 0.321 e. The van der Waals surface area contributed by atoms with Crippen molar-refractivity contribution in [3.05, 3.63) is 0 Å². The molecule has 0 aromatic heterocycles. The summed E-state index contributed by atoms with van der Waals surface area (Å²) in [5, 5.41) is 27.1. The maximum absolute atomic E-state index is 14.1. The average Bonchev–Trinajstić information content (AvgIpc) is 3.27. The molecule has 28 N–H and O–H groups in total. The predicted molar refractivity (Wildman–Crippen MR) is 270 cm³/mol. The van der Waals surface area contributed by atoms with Crippen molar-refractivity contribution in [2.75, 3.05) is 31.1 Å². The first-order chi connectivity index (χ1) is 33.3. The quantitative estimate of drug-likeness (QED) is 0.00903. The fraction of sp³-hybridized carbons (Fsp3) is 0.658. The Morgan fingerprint density at radius 3 is 1.42 bits per heavy atom. The molecule has 7 amide bonds. The number of guanidine groups is 4. The Hall–Kier alpha value is -6.87. The van der Waals surface area contributed by atoms with Crippen LogP contribution >= 0.6 is 21.6 Å². The second kappa shape index (κ2) is 35.3. The van der Waals surface area contributed by atoms with Crippen LogP contribution in [0.2, 0.25) is 0 Å². The van der Waals surface area contributed by atoms with Crippen molar-refractivity contribution < 1.29 is 48.3 Å². The first-order valence-electron chi connectivity index (χ1n) is 22.0. The number of hydrogen-bond donors (Lipinski definition) is 18. The van der Waals surface area contributed by atoms with Crippen LogP contribution in [-0.4, -0.2) is 168 Å². The van der Waals surface area contributed by atoms with Crippen LogP contribution in [0, 0.1) is 0 Å². The highest BCUT2D eigenvalue weighted by Gasteiger charge is 2.31. The molecular formula is C38H73N21O10S2. The molecule has 31 nitrogen and oxygen atoms in total. The Balaban J connectivity index is 6.26. The van der Waals surface area contributed by atoms with Crippen molar-refractivity contribution in [2.45, 2.75) is 127 Å². The van der Waals surface area contributed by atoms with Gasteiger partial charge in [-0.1, -0.05) is 21.6 Å². The fourth-order valence-electron chi connectivity index (χ4n) is 5.84. The summed E-state index contributed by atoms with van der Waals surface area (Å²) in [7, 11) is 2.16. The van der Waals surface area contributed by atoms with E-state index >= 15 is 0 Å². The van der Waals surface area contributed by atoms with Crippen molar-refractivity contribution in [3.8, 4) is 0 Å². The van der Waals surface area contributed by atoms with Crippen molar-refractivity contribution in [1.82, 2.24) is 37.2 Å². The van der Waals surface area contributed by atoms with E-state index in [-0.39, 0.29) is 100 Å². The molecule has 0 aliphatic heterocycles. The third-order valence-electron chi connectivity index (χ3n) is 9.47. The Labute approximate surface area is 418 Å². The minimum absolute atomic E-state index is 0.00343. The summed E-state index contributed by atoms with van der Waals surface area (Å²) in [5.74, 6) is -7.41. The van der Waals surface area contributed by atoms with Gasteiger partial charge in [-0.25, -0.2) is 4.99 Å². The number of nitrogens with zero attached hydrogens (tertiary/aromatic N) is 4. The van der Waals surface area contributed by atoms with Gasteiger partial charge in [0.1, 0.15) is 48.7 Å². The number of nitrogens with two attached hydrogens (primary N) is 10. The van der Waals surface area contributed by atoms with Crippen molar-refractivity contribution in [1.29, 1.82) is 0 Å². The van der Waals surface area contributed by atoms with Gasteiger partial charge >= 0.3 is 5.97 Å². The second-order valence-electron chi connectivity index (χ2n) is 15.7. The molecular weight excluding hydrogens is 975 g/mol. The molecule has 0 aliphatic rings. The van der Waals surface area contributed by atoms with Gasteiger partial charge in [-0.2, -0.15) is 0 Å². The van der Waals surface area contributed by atoms with E-state index in [9.17, 15) is 43.2 Å². The van der Waals surface area contributed by atoms with Gasteiger partial charge in [0.05, 0.1) is 12.1 Å². The number of carbonyl (C=O) groups is 9. The largest absolute Gasteiger partial charge is 0.480 e. The van der Waals surface area contributed by atoms with E-state index in [4.69, 9.17) is 62.4 Å². The number of rotatable bonds is 37. The normalized spacial score (nSPS) is 14.5. The Bertz CT molecular complexity index is 1900. The molecule has 0 bridgehead atoms. The molecule has 402 valence electrons. The van der Waals surface area contributed by atoms with E-state index in [1.807, 2.05) is 0 Å². The Morgan fingerprint density at radius 2 is 0.972 bits per heavy atom. The van der Waals surface area contributed by atoms with Gasteiger partial charge in [-0.15, -0.1) is 0 Å². The number of primary amides is 1. The number of carboxylic acids is 1. The number of nitrogens with one attached hydrogen (secondary N) is 7. The molecule has 0 heterocycles. The third-order valence-corrected chi connectivity index (χ3v) is 11.9. The van der Waals surface area contributed by atoms with Crippen LogP contribution in [0.25, 0.3) is 0 Å². The predicted octanol–water partition coefficient (Wildman–Crippen LogP) is -8.07. The molecule has 0 rings (SSSR count). The highest BCUT2D eigenvalue weighted by molar-refractivity contribution is 8.76. The van der Waals surface area contributed by atoms with Crippen LogP contribution < -0.4 is 94.6 Å². The van der Waals surface area contributed by atoms with Crippen LogP contribution in [0.4, 0.5) is 0 Å². The molecule has 0 aliphatic carbocycles. The molecule has 33 heteroatoms. The number of hydrogen-bond acceptors (Lipinski definition) is 17. The van der Waals surface area contributed by atoms with Crippen LogP contribution in [0.15, 0.2) is 20.0 Å². The molecule has 9 unspecified atom stereocenters. The van der Waals surface area contributed by atoms with Gasteiger partial charge in [0.15, 0.2) is 23.8 Å². The third kappa shape index (κ3) is 30.4. The Morgan fingerprint density at radius 1 is 0.535 bits per heavy atom. The molecule has 71 heavy (non-hydrogen) atoms. The Kier molecular flexibility index (Phi) is 31.9. The van der Waals surface area contributed by atoms with E-state index in [1.165, 1.54) is 20.8 Å². The first-order valence-corrected chi connectivity index (χ1v) is 24.5. The highest BCUT2D eigenvalue weighted by atomic mass is 33.1. The number of aliphatic imine (C=N–C) groups is 4. The van der Waals surface area contributed by atoms with E-state index in [0.717, 1.165) is 21.6 Å². The van der Waals surface area contributed by atoms with Crippen molar-refractivity contribution >= 4 is 99.0 Å². The van der Waals surface area contributed by atoms with Gasteiger partial charge in [-0.05, 0) is 65.2 Å². The van der Waals surface area contributed by atoms with E-state index in [2.05, 4.69) is 57.2 Å². The lowest BCUT2D eigenvalue weighted by molar-refractivity contribution is -0.138. The SMILES string of the molecule is CC(=O)NC(CSSCC(N)C(=O)O)C(=O)NC(C)C(=O)NC(C=O)CCC(N=C(N)N)NC(CCCN=C(N)N)C(=O)NC(CCCN=C(N)N)C(=O)NC(C)C(=O)NC(CCCN=C(N)N)C(N)=O. The number of amides is 7. The number of aldehydes is 1. The van der Waals surface area contributed by atoms with E-state index < -0.39 is 108 Å². The topological polar surface area (TPSA) is 568 Å². The summed E-state index contributed by atoms with van der Waals surface area (Å²) in [5.41, 5.74) is 55.0. The van der Waals surface area contributed by atoms with Crippen LogP contribution in [-0.2, 0) is 43.2 Å². The zero-order chi connectivity index (χ0) is 54.2. The minimum atomic E-state index is -1.30. The molecule has 0 saturated carbocycles. The molecule has 0 spiro atoms. The lowest BCUT2D eigenvalue weighted by Gasteiger charge is -2.27. The van der Waals surface area contributed by atoms with Crippen molar-refractivity contribution in [3.63, 3.8) is 0 Å². The summed E-state index contributed by atoms with van der Waals surface area (Å²) in [4.78, 5) is 130. The van der Waals surface area contributed by atoms with Crippen LogP contribution in [0.1, 0.15) is 72.1 Å². The van der Waals surface area contributed by atoms with E-state index in [1.54, 1.807) is 0 Å². The molecule has 0 aromatic carbocycles. The maximum atomic E-state index is 14.1. The van der Waals surface area contributed by atoms with Gasteiger partial charge in [0.2, 0.25) is 41.4 Å². The number of carboxylic acid groups (broad SMARTS) is 1. The first kappa shape index (κ1) is 64.1. The van der Waals surface area contributed by atoms with Gasteiger partial charge in [0, 0.05) is 38.1 Å². The standard InChI is InChI=1S/C38H73N21O10S2/c1-18(53-33(67)26(54-20(3)61)17-71-70-16-22(39)34(68)69)29(63)55-21(15-60)10-11-27(59-38(47)48)56-24(8-5-13-50-36(43)44)32(66)58-25(9-6-14-51-37(45)46)31(65)52-19(2)30(64)57-23(28(40)62)7-4-12-49-35(41)42/h15,18-19,21-27,56H,4-14,16-17,39H2,1-3H3,(H2,40,62)(H,52,65)(H,53,67)(H,54,61)(H,55,63)(H,57,64)(H,58,66)(H,68,69)(H4,41,42,49)(H4,43,44,50)(H4,45,46,51)(H4,47,48,59). The van der Waals surface area contributed by atoms with Gasteiger partial charge in [0.25, 0.3) is 0 Å². The molecule has 0 aromatic rings. The summed E-state index contributed by atoms with van der Waals surface area (Å²) >= 11 is 0. The molecule has 0 fully saturated rings. The summed E-state index contributed by atoms with van der Waals surface area (Å²) in [6.45, 7) is 4.17. The summed E-state index contributed by atoms with van der Waals surface area (Å²) < 4.78 is 0. The number of carbonyl (C=O) groups excluding carboxylic acids is 8. The van der Waals surface area contributed by atoms with Gasteiger partial charge in [-0.3, -0.25) is 58.7 Å². The monoisotopic (exact) mass is 1050 g/mol. The van der Waals surface area contributed by atoms with Crippen molar-refractivity contribution in [2.24, 2.45) is 77.3 Å². The summed E-state index contributed by atoms with van der Waals surface area (Å²) in [6.07, 6.45) is -0.108. The molecule has 0 saturated heterocycles. The highest BCUT2D eigenvalue weighted by Crippen LogP contribution is 2.23. The smallest absolute Gasteiger partial charge is 0.321 e. The lowest BCUT2D eigenvalue weighted by atomic mass is 10.1. The lowest BCUT2D eigenvalue weighted by Crippen LogP contribution is -2.57. The fourth-order valence-corrected chi connectivity index (χ4v) is 8.11. The number of aliphatic carboxylic acids is 1. The minimum Gasteiger partial charge on any atom is -0.480 e.